The second-order valence-electron chi connectivity index (χ2n) is 5.50. The van der Waals surface area contributed by atoms with Gasteiger partial charge in [-0.15, -0.1) is 0 Å². The zero-order chi connectivity index (χ0) is 18.4. The molecule has 0 saturated carbocycles. The predicted octanol–water partition coefficient (Wildman–Crippen LogP) is 3.42. The molecule has 2 N–H and O–H groups in total. The van der Waals surface area contributed by atoms with Crippen LogP contribution in [0.25, 0.3) is 0 Å². The molecule has 0 aliphatic carbocycles. The maximum Gasteiger partial charge on any atom is 0.326 e. The molecule has 0 saturated heterocycles. The molecule has 0 unspecified atom stereocenters. The van der Waals surface area contributed by atoms with E-state index in [4.69, 9.17) is 4.74 Å². The normalized spacial score (nSPS) is 11.1. The fourth-order valence-electron chi connectivity index (χ4n) is 2.07. The van der Waals surface area contributed by atoms with Gasteiger partial charge in [-0.05, 0) is 31.9 Å². The number of anilines is 2. The SMILES string of the molecule is COc1nc(C)nc(NC(=O)Nc2ccccc2CCC(C)(F)F)n1. The number of aryl methyl sites for hydroxylation is 2. The summed E-state index contributed by atoms with van der Waals surface area (Å²) in [5.41, 5.74) is 1.06. The first-order chi connectivity index (χ1) is 11.8. The molecule has 9 heteroatoms. The molecule has 2 amide bonds. The van der Waals surface area contributed by atoms with Crippen molar-refractivity contribution in [2.24, 2.45) is 0 Å². The summed E-state index contributed by atoms with van der Waals surface area (Å²) in [5.74, 6) is -2.36. The first-order valence-corrected chi connectivity index (χ1v) is 7.57. The van der Waals surface area contributed by atoms with E-state index in [9.17, 15) is 13.6 Å². The standard InChI is InChI=1S/C16H19F2N5O2/c1-10-19-13(23-15(20-10)25-3)22-14(24)21-12-7-5-4-6-11(12)8-9-16(2,17)18/h4-7H,8-9H2,1-3H3,(H2,19,20,21,22,23,24). The second kappa shape index (κ2) is 7.82. The summed E-state index contributed by atoms with van der Waals surface area (Å²) in [4.78, 5) is 23.9. The predicted molar refractivity (Wildman–Crippen MR) is 89.1 cm³/mol. The number of nitrogens with zero attached hydrogens (tertiary/aromatic N) is 3. The van der Waals surface area contributed by atoms with Crippen LogP contribution in [0.5, 0.6) is 6.01 Å². The van der Waals surface area contributed by atoms with Crippen LogP contribution >= 0.6 is 0 Å². The van der Waals surface area contributed by atoms with Crippen LogP contribution in [0.2, 0.25) is 0 Å². The highest BCUT2D eigenvalue weighted by molar-refractivity contribution is 5.99. The molecule has 0 spiro atoms. The molecule has 1 aromatic carbocycles. The molecule has 1 aromatic heterocycles. The van der Waals surface area contributed by atoms with Crippen molar-refractivity contribution in [2.45, 2.75) is 32.6 Å². The second-order valence-corrected chi connectivity index (χ2v) is 5.50. The topological polar surface area (TPSA) is 89.0 Å². The Morgan fingerprint density at radius 3 is 2.60 bits per heavy atom. The number of nitrogens with one attached hydrogen (secondary N) is 2. The summed E-state index contributed by atoms with van der Waals surface area (Å²) >= 11 is 0. The van der Waals surface area contributed by atoms with E-state index < -0.39 is 12.0 Å². The van der Waals surface area contributed by atoms with Gasteiger partial charge in [0.05, 0.1) is 7.11 Å². The van der Waals surface area contributed by atoms with Gasteiger partial charge in [-0.1, -0.05) is 18.2 Å². The fraction of sp³-hybridized carbons (Fsp3) is 0.375. The highest BCUT2D eigenvalue weighted by atomic mass is 19.3. The van der Waals surface area contributed by atoms with E-state index in [1.165, 1.54) is 7.11 Å². The van der Waals surface area contributed by atoms with E-state index >= 15 is 0 Å². The Hall–Kier alpha value is -2.84. The van der Waals surface area contributed by atoms with Gasteiger partial charge in [0.25, 0.3) is 0 Å². The molecule has 0 bridgehead atoms. The van der Waals surface area contributed by atoms with E-state index in [2.05, 4.69) is 25.6 Å². The summed E-state index contributed by atoms with van der Waals surface area (Å²) in [7, 11) is 1.40. The van der Waals surface area contributed by atoms with Crippen LogP contribution in [0, 0.1) is 6.92 Å². The highest BCUT2D eigenvalue weighted by Gasteiger charge is 2.21. The van der Waals surface area contributed by atoms with Gasteiger partial charge in [0.1, 0.15) is 5.82 Å². The molecule has 134 valence electrons. The Bertz CT molecular complexity index is 750. The molecule has 2 aromatic rings. The average Bonchev–Trinajstić information content (AvgIpc) is 2.52. The number of hydrogen-bond donors (Lipinski definition) is 2. The summed E-state index contributed by atoms with van der Waals surface area (Å²) in [6.45, 7) is 2.50. The van der Waals surface area contributed by atoms with Gasteiger partial charge in [-0.2, -0.15) is 15.0 Å². The number of carbonyl (C=O) groups is 1. The van der Waals surface area contributed by atoms with E-state index in [0.29, 0.717) is 17.1 Å². The number of para-hydroxylation sites is 1. The van der Waals surface area contributed by atoms with Gasteiger partial charge >= 0.3 is 12.0 Å². The Balaban J connectivity index is 2.07. The molecule has 1 heterocycles. The molecule has 25 heavy (non-hydrogen) atoms. The van der Waals surface area contributed by atoms with Crippen molar-refractivity contribution in [3.63, 3.8) is 0 Å². The van der Waals surface area contributed by atoms with Crippen LogP contribution in [0.15, 0.2) is 24.3 Å². The van der Waals surface area contributed by atoms with Crippen LogP contribution < -0.4 is 15.4 Å². The number of halogens is 2. The fourth-order valence-corrected chi connectivity index (χ4v) is 2.07. The number of alkyl halides is 2. The Morgan fingerprint density at radius 1 is 1.20 bits per heavy atom. The lowest BCUT2D eigenvalue weighted by Crippen LogP contribution is -2.22. The quantitative estimate of drug-likeness (QED) is 0.832. The number of urea groups is 1. The molecule has 0 aliphatic heterocycles. The summed E-state index contributed by atoms with van der Waals surface area (Å²) in [5, 5.41) is 5.08. The smallest absolute Gasteiger partial charge is 0.326 e. The third-order valence-corrected chi connectivity index (χ3v) is 3.23. The van der Waals surface area contributed by atoms with E-state index in [1.54, 1.807) is 31.2 Å². The number of amides is 2. The zero-order valence-electron chi connectivity index (χ0n) is 14.1. The van der Waals surface area contributed by atoms with Crippen molar-refractivity contribution in [1.29, 1.82) is 0 Å². The van der Waals surface area contributed by atoms with Crippen molar-refractivity contribution < 1.29 is 18.3 Å². The Morgan fingerprint density at radius 2 is 1.92 bits per heavy atom. The summed E-state index contributed by atoms with van der Waals surface area (Å²) in [6, 6.07) is 6.25. The Labute approximate surface area is 143 Å². The van der Waals surface area contributed by atoms with Crippen molar-refractivity contribution in [1.82, 2.24) is 15.0 Å². The van der Waals surface area contributed by atoms with Crippen LogP contribution in [0.4, 0.5) is 25.2 Å². The van der Waals surface area contributed by atoms with Crippen molar-refractivity contribution >= 4 is 17.7 Å². The van der Waals surface area contributed by atoms with Crippen LogP contribution in [0.3, 0.4) is 0 Å². The van der Waals surface area contributed by atoms with Crippen LogP contribution in [0.1, 0.15) is 24.7 Å². The number of benzene rings is 1. The maximum atomic E-state index is 13.1. The number of rotatable bonds is 6. The van der Waals surface area contributed by atoms with Crippen molar-refractivity contribution in [3.05, 3.63) is 35.7 Å². The van der Waals surface area contributed by atoms with Crippen LogP contribution in [-0.2, 0) is 6.42 Å². The molecule has 2 rings (SSSR count). The first kappa shape index (κ1) is 18.5. The van der Waals surface area contributed by atoms with Crippen LogP contribution in [-0.4, -0.2) is 34.0 Å². The average molecular weight is 351 g/mol. The van der Waals surface area contributed by atoms with Gasteiger partial charge < -0.3 is 10.1 Å². The maximum absolute atomic E-state index is 13.1. The van der Waals surface area contributed by atoms with Gasteiger partial charge in [-0.25, -0.2) is 13.6 Å². The minimum atomic E-state index is -2.77. The van der Waals surface area contributed by atoms with Gasteiger partial charge in [0, 0.05) is 12.1 Å². The Kier molecular flexibility index (Phi) is 5.79. The molecule has 7 nitrogen and oxygen atoms in total. The molecule has 0 radical (unpaired) electrons. The molecule has 0 aliphatic rings. The number of aromatic nitrogens is 3. The number of ether oxygens (including phenoxy) is 1. The van der Waals surface area contributed by atoms with E-state index in [-0.39, 0.29) is 24.8 Å². The van der Waals surface area contributed by atoms with Gasteiger partial charge in [-0.3, -0.25) is 5.32 Å². The number of carbonyl (C=O) groups excluding carboxylic acids is 1. The molecular weight excluding hydrogens is 332 g/mol. The van der Waals surface area contributed by atoms with Gasteiger partial charge in [0.15, 0.2) is 0 Å². The van der Waals surface area contributed by atoms with E-state index in [0.717, 1.165) is 6.92 Å². The zero-order valence-corrected chi connectivity index (χ0v) is 14.1. The van der Waals surface area contributed by atoms with Crippen molar-refractivity contribution in [3.8, 4) is 6.01 Å². The largest absolute Gasteiger partial charge is 0.467 e. The molecular formula is C16H19F2N5O2. The van der Waals surface area contributed by atoms with Gasteiger partial charge in [0.2, 0.25) is 11.9 Å². The molecule has 0 atom stereocenters. The molecule has 0 fully saturated rings. The lowest BCUT2D eigenvalue weighted by atomic mass is 10.1. The monoisotopic (exact) mass is 351 g/mol. The number of methoxy groups -OCH3 is 1. The third kappa shape index (κ3) is 5.94. The van der Waals surface area contributed by atoms with Crippen molar-refractivity contribution in [2.75, 3.05) is 17.7 Å². The third-order valence-electron chi connectivity index (χ3n) is 3.23. The first-order valence-electron chi connectivity index (χ1n) is 7.57. The lowest BCUT2D eigenvalue weighted by molar-refractivity contribution is 0.0133. The lowest BCUT2D eigenvalue weighted by Gasteiger charge is -2.14. The summed E-state index contributed by atoms with van der Waals surface area (Å²) in [6.07, 6.45) is -0.171. The number of hydrogen-bond acceptors (Lipinski definition) is 5. The van der Waals surface area contributed by atoms with E-state index in [1.807, 2.05) is 0 Å². The minimum absolute atomic E-state index is 0.0272. The highest BCUT2D eigenvalue weighted by Crippen LogP contribution is 2.23. The summed E-state index contributed by atoms with van der Waals surface area (Å²) < 4.78 is 31.0. The minimum Gasteiger partial charge on any atom is -0.467 e.